The molecule has 2 aromatic rings. The Morgan fingerprint density at radius 1 is 1.00 bits per heavy atom. The normalized spacial score (nSPS) is 19.8. The van der Waals surface area contributed by atoms with Crippen LogP contribution in [0, 0.1) is 25.6 Å². The number of para-hydroxylation sites is 1. The third-order valence-corrected chi connectivity index (χ3v) is 6.06. The predicted molar refractivity (Wildman–Crippen MR) is 112 cm³/mol. The number of carbonyl (C=O) groups is 2. The summed E-state index contributed by atoms with van der Waals surface area (Å²) >= 11 is 0. The van der Waals surface area contributed by atoms with E-state index >= 15 is 0 Å². The molecule has 2 aromatic carbocycles. The lowest BCUT2D eigenvalue weighted by atomic mass is 10.1. The van der Waals surface area contributed by atoms with Crippen molar-refractivity contribution < 1.29 is 14.0 Å². The van der Waals surface area contributed by atoms with Gasteiger partial charge in [0.1, 0.15) is 5.82 Å². The number of piperazine rings is 1. The molecule has 2 aliphatic rings. The highest BCUT2D eigenvalue weighted by molar-refractivity contribution is 6.00. The van der Waals surface area contributed by atoms with Crippen LogP contribution < -0.4 is 9.80 Å². The first-order valence-corrected chi connectivity index (χ1v) is 10.1. The number of nitrogens with zero attached hydrogens (tertiary/aromatic N) is 3. The Morgan fingerprint density at radius 3 is 2.41 bits per heavy atom. The molecule has 0 aromatic heterocycles. The molecule has 6 heteroatoms. The van der Waals surface area contributed by atoms with Crippen molar-refractivity contribution >= 4 is 23.2 Å². The molecule has 0 aliphatic carbocycles. The number of rotatable bonds is 3. The van der Waals surface area contributed by atoms with Gasteiger partial charge in [0, 0.05) is 44.8 Å². The molecule has 5 nitrogen and oxygen atoms in total. The van der Waals surface area contributed by atoms with Gasteiger partial charge in [0.15, 0.2) is 0 Å². The van der Waals surface area contributed by atoms with Gasteiger partial charge in [-0.15, -0.1) is 0 Å². The number of anilines is 2. The molecule has 2 amide bonds. The van der Waals surface area contributed by atoms with Gasteiger partial charge in [-0.2, -0.15) is 0 Å². The molecule has 2 heterocycles. The number of aryl methyl sites for hydroxylation is 2. The molecule has 2 saturated heterocycles. The zero-order chi connectivity index (χ0) is 20.5. The van der Waals surface area contributed by atoms with Gasteiger partial charge in [-0.3, -0.25) is 9.59 Å². The fourth-order valence-electron chi connectivity index (χ4n) is 4.15. The van der Waals surface area contributed by atoms with Gasteiger partial charge in [-0.05, 0) is 49.2 Å². The molecule has 0 radical (unpaired) electrons. The Balaban J connectivity index is 1.39. The maximum absolute atomic E-state index is 14.0. The molecule has 0 unspecified atom stereocenters. The highest BCUT2D eigenvalue weighted by atomic mass is 19.1. The van der Waals surface area contributed by atoms with E-state index < -0.39 is 0 Å². The molecule has 152 valence electrons. The molecule has 4 rings (SSSR count). The van der Waals surface area contributed by atoms with Crippen molar-refractivity contribution in [1.29, 1.82) is 0 Å². The van der Waals surface area contributed by atoms with Crippen LogP contribution in [-0.4, -0.2) is 49.4 Å². The summed E-state index contributed by atoms with van der Waals surface area (Å²) in [5.41, 5.74) is 3.75. The van der Waals surface area contributed by atoms with Crippen molar-refractivity contribution in [2.45, 2.75) is 20.3 Å². The fraction of sp³-hybridized carbons (Fsp3) is 0.391. The van der Waals surface area contributed by atoms with E-state index in [-0.39, 0.29) is 30.0 Å². The van der Waals surface area contributed by atoms with Gasteiger partial charge in [0.25, 0.3) is 0 Å². The average molecular weight is 395 g/mol. The first kappa shape index (κ1) is 19.4. The number of halogens is 1. The Morgan fingerprint density at radius 2 is 1.72 bits per heavy atom. The standard InChI is InChI=1S/C23H26FN3O2/c1-16-7-8-19(13-17(16)2)27-15-18(14-22(27)28)23(29)26-11-9-25(10-12-26)21-6-4-3-5-20(21)24/h3-8,13,18H,9-12,14-15H2,1-2H3/t18-/m0/s1. The van der Waals surface area contributed by atoms with Crippen LogP contribution in [0.1, 0.15) is 17.5 Å². The minimum Gasteiger partial charge on any atom is -0.366 e. The van der Waals surface area contributed by atoms with Crippen LogP contribution in [0.3, 0.4) is 0 Å². The fourth-order valence-corrected chi connectivity index (χ4v) is 4.15. The summed E-state index contributed by atoms with van der Waals surface area (Å²) in [5.74, 6) is -0.531. The molecule has 1 atom stereocenters. The van der Waals surface area contributed by atoms with Gasteiger partial charge in [0.2, 0.25) is 11.8 Å². The highest BCUT2D eigenvalue weighted by Gasteiger charge is 2.38. The number of hydrogen-bond donors (Lipinski definition) is 0. The molecule has 0 N–H and O–H groups in total. The Bertz CT molecular complexity index is 937. The topological polar surface area (TPSA) is 43.9 Å². The van der Waals surface area contributed by atoms with Gasteiger partial charge in [-0.1, -0.05) is 18.2 Å². The molecule has 0 bridgehead atoms. The van der Waals surface area contributed by atoms with E-state index in [1.165, 1.54) is 11.6 Å². The lowest BCUT2D eigenvalue weighted by Crippen LogP contribution is -2.51. The van der Waals surface area contributed by atoms with Crippen LogP contribution in [0.15, 0.2) is 42.5 Å². The molecule has 0 saturated carbocycles. The van der Waals surface area contributed by atoms with E-state index in [0.717, 1.165) is 11.3 Å². The second kappa shape index (κ2) is 7.85. The minimum absolute atomic E-state index is 0.00315. The summed E-state index contributed by atoms with van der Waals surface area (Å²) < 4.78 is 14.0. The van der Waals surface area contributed by atoms with E-state index in [2.05, 4.69) is 0 Å². The van der Waals surface area contributed by atoms with Crippen molar-refractivity contribution in [2.75, 3.05) is 42.5 Å². The van der Waals surface area contributed by atoms with Crippen molar-refractivity contribution in [3.8, 4) is 0 Å². The zero-order valence-electron chi connectivity index (χ0n) is 16.9. The van der Waals surface area contributed by atoms with Crippen LogP contribution in [0.4, 0.5) is 15.8 Å². The van der Waals surface area contributed by atoms with Crippen LogP contribution in [0.5, 0.6) is 0 Å². The third-order valence-electron chi connectivity index (χ3n) is 6.06. The lowest BCUT2D eigenvalue weighted by Gasteiger charge is -2.37. The van der Waals surface area contributed by atoms with Crippen molar-refractivity contribution in [1.82, 2.24) is 4.90 Å². The highest BCUT2D eigenvalue weighted by Crippen LogP contribution is 2.28. The van der Waals surface area contributed by atoms with E-state index in [1.54, 1.807) is 17.0 Å². The number of hydrogen-bond acceptors (Lipinski definition) is 3. The summed E-state index contributed by atoms with van der Waals surface area (Å²) in [5, 5.41) is 0. The van der Waals surface area contributed by atoms with Gasteiger partial charge in [0.05, 0.1) is 11.6 Å². The Hall–Kier alpha value is -2.89. The molecule has 0 spiro atoms. The van der Waals surface area contributed by atoms with Gasteiger partial charge >= 0.3 is 0 Å². The van der Waals surface area contributed by atoms with E-state index in [0.29, 0.717) is 38.4 Å². The first-order valence-electron chi connectivity index (χ1n) is 10.1. The number of carbonyl (C=O) groups excluding carboxylic acids is 2. The number of benzene rings is 2. The second-order valence-electron chi connectivity index (χ2n) is 7.94. The van der Waals surface area contributed by atoms with Gasteiger partial charge < -0.3 is 14.7 Å². The lowest BCUT2D eigenvalue weighted by molar-refractivity contribution is -0.136. The summed E-state index contributed by atoms with van der Waals surface area (Å²) in [4.78, 5) is 31.1. The molecule has 2 fully saturated rings. The predicted octanol–water partition coefficient (Wildman–Crippen LogP) is 3.14. The Labute approximate surface area is 170 Å². The summed E-state index contributed by atoms with van der Waals surface area (Å²) in [6.07, 6.45) is 0.249. The second-order valence-corrected chi connectivity index (χ2v) is 7.94. The monoisotopic (exact) mass is 395 g/mol. The van der Waals surface area contributed by atoms with E-state index in [1.807, 2.05) is 47.9 Å². The Kier molecular flexibility index (Phi) is 5.26. The number of amides is 2. The quantitative estimate of drug-likeness (QED) is 0.802. The largest absolute Gasteiger partial charge is 0.366 e. The molecule has 29 heavy (non-hydrogen) atoms. The molecule has 2 aliphatic heterocycles. The van der Waals surface area contributed by atoms with Crippen molar-refractivity contribution in [3.05, 3.63) is 59.4 Å². The smallest absolute Gasteiger partial charge is 0.228 e. The van der Waals surface area contributed by atoms with Crippen molar-refractivity contribution in [2.24, 2.45) is 5.92 Å². The van der Waals surface area contributed by atoms with Crippen LogP contribution in [-0.2, 0) is 9.59 Å². The van der Waals surface area contributed by atoms with Gasteiger partial charge in [-0.25, -0.2) is 4.39 Å². The maximum Gasteiger partial charge on any atom is 0.228 e. The third kappa shape index (κ3) is 3.84. The van der Waals surface area contributed by atoms with Crippen LogP contribution in [0.2, 0.25) is 0 Å². The van der Waals surface area contributed by atoms with E-state index in [4.69, 9.17) is 0 Å². The average Bonchev–Trinajstić information content (AvgIpc) is 3.12. The van der Waals surface area contributed by atoms with Crippen LogP contribution in [0.25, 0.3) is 0 Å². The zero-order valence-corrected chi connectivity index (χ0v) is 16.9. The maximum atomic E-state index is 14.0. The van der Waals surface area contributed by atoms with E-state index in [9.17, 15) is 14.0 Å². The SMILES string of the molecule is Cc1ccc(N2C[C@@H](C(=O)N3CCN(c4ccccc4F)CC3)CC2=O)cc1C. The molecular weight excluding hydrogens is 369 g/mol. The minimum atomic E-state index is -0.316. The summed E-state index contributed by atoms with van der Waals surface area (Å²) in [6, 6.07) is 12.7. The first-order chi connectivity index (χ1) is 13.9. The van der Waals surface area contributed by atoms with Crippen LogP contribution >= 0.6 is 0 Å². The summed E-state index contributed by atoms with van der Waals surface area (Å²) in [7, 11) is 0. The summed E-state index contributed by atoms with van der Waals surface area (Å²) in [6.45, 7) is 6.76. The van der Waals surface area contributed by atoms with Crippen molar-refractivity contribution in [3.63, 3.8) is 0 Å². The molecular formula is C23H26FN3O2.